The SMILES string of the molecule is CC1CN(CCOCC(F)(F)F)CCC1CN. The molecular weight excluding hydrogens is 233 g/mol. The number of alkyl halides is 3. The van der Waals surface area contributed by atoms with E-state index in [1.807, 2.05) is 0 Å². The standard InChI is InChI=1S/C11H21F3N2O/c1-9-7-16(3-2-10(9)6-15)4-5-17-8-11(12,13)14/h9-10H,2-8,15H2,1H3. The van der Waals surface area contributed by atoms with Gasteiger partial charge in [0.15, 0.2) is 0 Å². The van der Waals surface area contributed by atoms with Gasteiger partial charge in [-0.05, 0) is 31.3 Å². The molecule has 1 heterocycles. The van der Waals surface area contributed by atoms with E-state index in [1.165, 1.54) is 0 Å². The smallest absolute Gasteiger partial charge is 0.371 e. The highest BCUT2D eigenvalue weighted by atomic mass is 19.4. The molecular formula is C11H21F3N2O. The molecule has 1 saturated heterocycles. The maximum atomic E-state index is 11.8. The van der Waals surface area contributed by atoms with E-state index in [4.69, 9.17) is 5.73 Å². The summed E-state index contributed by atoms with van der Waals surface area (Å²) in [4.78, 5) is 2.15. The molecule has 2 atom stereocenters. The lowest BCUT2D eigenvalue weighted by Gasteiger charge is -2.36. The van der Waals surface area contributed by atoms with E-state index in [0.29, 0.717) is 24.9 Å². The normalized spacial score (nSPS) is 27.4. The number of ether oxygens (including phenoxy) is 1. The first-order chi connectivity index (χ1) is 7.92. The monoisotopic (exact) mass is 254 g/mol. The van der Waals surface area contributed by atoms with Gasteiger partial charge in [0.05, 0.1) is 6.61 Å². The van der Waals surface area contributed by atoms with Crippen LogP contribution in [0.15, 0.2) is 0 Å². The maximum Gasteiger partial charge on any atom is 0.411 e. The molecule has 1 rings (SSSR count). The van der Waals surface area contributed by atoms with E-state index in [0.717, 1.165) is 19.5 Å². The van der Waals surface area contributed by atoms with Gasteiger partial charge in [0, 0.05) is 13.1 Å². The summed E-state index contributed by atoms with van der Waals surface area (Å²) in [6.07, 6.45) is -3.20. The first-order valence-corrected chi connectivity index (χ1v) is 5.99. The quantitative estimate of drug-likeness (QED) is 0.755. The number of piperidine rings is 1. The largest absolute Gasteiger partial charge is 0.411 e. The van der Waals surface area contributed by atoms with Crippen molar-refractivity contribution in [3.05, 3.63) is 0 Å². The van der Waals surface area contributed by atoms with Gasteiger partial charge in [-0.2, -0.15) is 13.2 Å². The molecule has 102 valence electrons. The fraction of sp³-hybridized carbons (Fsp3) is 1.00. The van der Waals surface area contributed by atoms with Crippen molar-refractivity contribution in [3.63, 3.8) is 0 Å². The highest BCUT2D eigenvalue weighted by molar-refractivity contribution is 4.78. The van der Waals surface area contributed by atoms with Crippen LogP contribution in [0.2, 0.25) is 0 Å². The molecule has 0 bridgehead atoms. The van der Waals surface area contributed by atoms with Crippen LogP contribution >= 0.6 is 0 Å². The molecule has 6 heteroatoms. The molecule has 0 aromatic carbocycles. The number of nitrogens with zero attached hydrogens (tertiary/aromatic N) is 1. The Balaban J connectivity index is 2.13. The fourth-order valence-corrected chi connectivity index (χ4v) is 2.22. The minimum atomic E-state index is -4.22. The molecule has 0 aromatic rings. The van der Waals surface area contributed by atoms with Crippen molar-refractivity contribution in [2.24, 2.45) is 17.6 Å². The molecule has 2 N–H and O–H groups in total. The van der Waals surface area contributed by atoms with E-state index in [9.17, 15) is 13.2 Å². The van der Waals surface area contributed by atoms with Crippen LogP contribution in [0, 0.1) is 11.8 Å². The summed E-state index contributed by atoms with van der Waals surface area (Å²) in [5, 5.41) is 0. The number of hydrogen-bond donors (Lipinski definition) is 1. The third-order valence-electron chi connectivity index (χ3n) is 3.29. The molecule has 0 saturated carbocycles. The van der Waals surface area contributed by atoms with Gasteiger partial charge < -0.3 is 15.4 Å². The van der Waals surface area contributed by atoms with E-state index in [1.54, 1.807) is 0 Å². The van der Waals surface area contributed by atoms with Crippen LogP contribution in [0.3, 0.4) is 0 Å². The van der Waals surface area contributed by atoms with E-state index in [2.05, 4.69) is 16.6 Å². The van der Waals surface area contributed by atoms with Gasteiger partial charge in [-0.25, -0.2) is 0 Å². The topological polar surface area (TPSA) is 38.5 Å². The Morgan fingerprint density at radius 3 is 2.65 bits per heavy atom. The van der Waals surface area contributed by atoms with Gasteiger partial charge in [0.1, 0.15) is 6.61 Å². The Hall–Kier alpha value is -0.330. The second kappa shape index (κ2) is 6.56. The first-order valence-electron chi connectivity index (χ1n) is 5.99. The number of halogens is 3. The van der Waals surface area contributed by atoms with Gasteiger partial charge >= 0.3 is 6.18 Å². The Kier molecular flexibility index (Phi) is 5.69. The molecule has 1 fully saturated rings. The molecule has 0 radical (unpaired) electrons. The second-order valence-corrected chi connectivity index (χ2v) is 4.73. The Morgan fingerprint density at radius 1 is 1.41 bits per heavy atom. The maximum absolute atomic E-state index is 11.8. The molecule has 3 nitrogen and oxygen atoms in total. The molecule has 17 heavy (non-hydrogen) atoms. The fourth-order valence-electron chi connectivity index (χ4n) is 2.22. The summed E-state index contributed by atoms with van der Waals surface area (Å²) < 4.78 is 40.1. The number of likely N-dealkylation sites (tertiary alicyclic amines) is 1. The molecule has 0 amide bonds. The molecule has 0 spiro atoms. The minimum Gasteiger partial charge on any atom is -0.371 e. The van der Waals surface area contributed by atoms with Crippen LogP contribution < -0.4 is 5.73 Å². The van der Waals surface area contributed by atoms with Crippen molar-refractivity contribution < 1.29 is 17.9 Å². The van der Waals surface area contributed by atoms with Gasteiger partial charge in [-0.3, -0.25) is 0 Å². The summed E-state index contributed by atoms with van der Waals surface area (Å²) in [5.41, 5.74) is 5.64. The van der Waals surface area contributed by atoms with Gasteiger partial charge in [-0.1, -0.05) is 6.92 Å². The first kappa shape index (κ1) is 14.7. The molecule has 0 aliphatic carbocycles. The van der Waals surface area contributed by atoms with Crippen molar-refractivity contribution in [2.75, 3.05) is 39.4 Å². The third kappa shape index (κ3) is 5.70. The van der Waals surface area contributed by atoms with Crippen LogP contribution in [0.4, 0.5) is 13.2 Å². The summed E-state index contributed by atoms with van der Waals surface area (Å²) in [6.45, 7) is 4.19. The zero-order chi connectivity index (χ0) is 12.9. The Morgan fingerprint density at radius 2 is 2.12 bits per heavy atom. The van der Waals surface area contributed by atoms with Gasteiger partial charge in [-0.15, -0.1) is 0 Å². The third-order valence-corrected chi connectivity index (χ3v) is 3.29. The van der Waals surface area contributed by atoms with E-state index < -0.39 is 12.8 Å². The lowest BCUT2D eigenvalue weighted by molar-refractivity contribution is -0.174. The number of nitrogens with two attached hydrogens (primary N) is 1. The second-order valence-electron chi connectivity index (χ2n) is 4.73. The molecule has 2 unspecified atom stereocenters. The summed E-state index contributed by atoms with van der Waals surface area (Å²) in [7, 11) is 0. The van der Waals surface area contributed by atoms with Crippen molar-refractivity contribution in [1.29, 1.82) is 0 Å². The summed E-state index contributed by atoms with van der Waals surface area (Å²) >= 11 is 0. The van der Waals surface area contributed by atoms with Crippen LogP contribution in [-0.2, 0) is 4.74 Å². The zero-order valence-corrected chi connectivity index (χ0v) is 10.2. The lowest BCUT2D eigenvalue weighted by Crippen LogP contribution is -2.43. The molecule has 1 aliphatic heterocycles. The minimum absolute atomic E-state index is 0.138. The Bertz CT molecular complexity index is 223. The van der Waals surface area contributed by atoms with Crippen molar-refractivity contribution in [2.45, 2.75) is 19.5 Å². The van der Waals surface area contributed by atoms with Gasteiger partial charge in [0.25, 0.3) is 0 Å². The van der Waals surface area contributed by atoms with Crippen LogP contribution in [-0.4, -0.2) is 50.5 Å². The zero-order valence-electron chi connectivity index (χ0n) is 10.2. The summed E-state index contributed by atoms with van der Waals surface area (Å²) in [6, 6.07) is 0. The average Bonchev–Trinajstić information content (AvgIpc) is 2.23. The number of rotatable bonds is 5. The van der Waals surface area contributed by atoms with Crippen molar-refractivity contribution >= 4 is 0 Å². The van der Waals surface area contributed by atoms with Crippen molar-refractivity contribution in [3.8, 4) is 0 Å². The van der Waals surface area contributed by atoms with E-state index in [-0.39, 0.29) is 6.61 Å². The summed E-state index contributed by atoms with van der Waals surface area (Å²) in [5.74, 6) is 1.05. The Labute approximate surface area is 100 Å². The van der Waals surface area contributed by atoms with Crippen LogP contribution in [0.25, 0.3) is 0 Å². The molecule has 0 aromatic heterocycles. The van der Waals surface area contributed by atoms with E-state index >= 15 is 0 Å². The lowest BCUT2D eigenvalue weighted by atomic mass is 9.87. The van der Waals surface area contributed by atoms with Crippen molar-refractivity contribution in [1.82, 2.24) is 4.90 Å². The predicted octanol–water partition coefficient (Wildman–Crippen LogP) is 1.48. The van der Waals surface area contributed by atoms with Gasteiger partial charge in [0.2, 0.25) is 0 Å². The van der Waals surface area contributed by atoms with Crippen LogP contribution in [0.5, 0.6) is 0 Å². The molecule has 1 aliphatic rings. The van der Waals surface area contributed by atoms with Crippen LogP contribution in [0.1, 0.15) is 13.3 Å². The highest BCUT2D eigenvalue weighted by Gasteiger charge is 2.28. The predicted molar refractivity (Wildman–Crippen MR) is 59.6 cm³/mol. The highest BCUT2D eigenvalue weighted by Crippen LogP contribution is 2.22. The number of hydrogen-bond acceptors (Lipinski definition) is 3. The average molecular weight is 254 g/mol.